The van der Waals surface area contributed by atoms with E-state index in [9.17, 15) is 0 Å². The van der Waals surface area contributed by atoms with E-state index in [4.69, 9.17) is 0 Å². The minimum Gasteiger partial charge on any atom is -0.0622 e. The molecule has 1 aliphatic rings. The van der Waals surface area contributed by atoms with Gasteiger partial charge in [-0.2, -0.15) is 0 Å². The van der Waals surface area contributed by atoms with Crippen LogP contribution in [0.1, 0.15) is 5.56 Å². The van der Waals surface area contributed by atoms with E-state index in [1.54, 1.807) is 0 Å². The van der Waals surface area contributed by atoms with Crippen molar-refractivity contribution in [2.24, 2.45) is 0 Å². The third-order valence-corrected chi connectivity index (χ3v) is 2.63. The Morgan fingerprint density at radius 1 is 1.00 bits per heavy atom. The molecule has 1 radical (unpaired) electrons. The predicted octanol–water partition coefficient (Wildman–Crippen LogP) is 3.50. The molecule has 0 bridgehead atoms. The van der Waals surface area contributed by atoms with Gasteiger partial charge < -0.3 is 0 Å². The van der Waals surface area contributed by atoms with Crippen LogP contribution in [0.5, 0.6) is 0 Å². The molecule has 0 N–H and O–H groups in total. The molecule has 2 rings (SSSR count). The Balaban J connectivity index is 2.31. The van der Waals surface area contributed by atoms with Crippen molar-refractivity contribution >= 4 is 13.9 Å². The molecule has 0 nitrogen and oxygen atoms in total. The van der Waals surface area contributed by atoms with Gasteiger partial charge in [-0.25, -0.2) is 0 Å². The highest BCUT2D eigenvalue weighted by atomic mass is 31.1. The fourth-order valence-electron chi connectivity index (χ4n) is 1.08. The summed E-state index contributed by atoms with van der Waals surface area (Å²) >= 11 is 0. The van der Waals surface area contributed by atoms with Gasteiger partial charge in [0.05, 0.1) is 0 Å². The van der Waals surface area contributed by atoms with Crippen molar-refractivity contribution in [3.63, 3.8) is 0 Å². The molecule has 0 saturated carbocycles. The second-order valence-corrected chi connectivity index (χ2v) is 3.43. The van der Waals surface area contributed by atoms with Gasteiger partial charge in [-0.1, -0.05) is 48.3 Å². The van der Waals surface area contributed by atoms with Crippen LogP contribution < -0.4 is 0 Å². The summed E-state index contributed by atoms with van der Waals surface area (Å²) in [5.74, 6) is 2.16. The third-order valence-electron chi connectivity index (χ3n) is 1.62. The van der Waals surface area contributed by atoms with Gasteiger partial charge >= 0.3 is 0 Å². The highest BCUT2D eigenvalue weighted by Crippen LogP contribution is 2.38. The molecule has 1 heterocycles. The molecular formula is C10H8P. The van der Waals surface area contributed by atoms with Gasteiger partial charge in [0.15, 0.2) is 0 Å². The second kappa shape index (κ2) is 3.02. The fourth-order valence-corrected chi connectivity index (χ4v) is 1.88. The van der Waals surface area contributed by atoms with E-state index in [2.05, 4.69) is 42.2 Å². The Bertz CT molecular complexity index is 296. The van der Waals surface area contributed by atoms with Crippen LogP contribution in [-0.2, 0) is 0 Å². The maximum Gasteiger partial charge on any atom is -0.00796 e. The quantitative estimate of drug-likeness (QED) is 0.550. The van der Waals surface area contributed by atoms with Gasteiger partial charge in [-0.3, -0.25) is 0 Å². The van der Waals surface area contributed by atoms with Crippen LogP contribution in [0, 0.1) is 0 Å². The van der Waals surface area contributed by atoms with E-state index in [1.165, 1.54) is 19.5 Å². The first-order chi connectivity index (χ1) is 5.47. The number of allylic oxidation sites excluding steroid dienone is 2. The summed E-state index contributed by atoms with van der Waals surface area (Å²) in [6, 6.07) is 10.5. The Hall–Kier alpha value is -0.870. The summed E-state index contributed by atoms with van der Waals surface area (Å²) in [7, 11) is 1.32. The Morgan fingerprint density at radius 3 is 2.45 bits per heavy atom. The fraction of sp³-hybridized carbons (Fsp3) is 0. The molecule has 1 aliphatic heterocycles. The van der Waals surface area contributed by atoms with E-state index in [-0.39, 0.29) is 0 Å². The molecule has 0 amide bonds. The Kier molecular flexibility index (Phi) is 1.87. The average molecular weight is 159 g/mol. The molecule has 0 atom stereocenters. The van der Waals surface area contributed by atoms with Crippen LogP contribution in [0.2, 0.25) is 0 Å². The summed E-state index contributed by atoms with van der Waals surface area (Å²) in [4.78, 5) is 0. The van der Waals surface area contributed by atoms with Gasteiger partial charge in [0, 0.05) is 0 Å². The van der Waals surface area contributed by atoms with Crippen LogP contribution >= 0.6 is 8.58 Å². The van der Waals surface area contributed by atoms with Gasteiger partial charge in [-0.15, -0.1) is 0 Å². The molecule has 0 aromatic heterocycles. The molecule has 1 aromatic rings. The number of hydrogen-bond acceptors (Lipinski definition) is 0. The molecule has 11 heavy (non-hydrogen) atoms. The van der Waals surface area contributed by atoms with Crippen molar-refractivity contribution in [1.29, 1.82) is 0 Å². The van der Waals surface area contributed by atoms with Crippen molar-refractivity contribution in [3.8, 4) is 0 Å². The van der Waals surface area contributed by atoms with E-state index in [0.29, 0.717) is 0 Å². The maximum absolute atomic E-state index is 2.16. The van der Waals surface area contributed by atoms with Crippen molar-refractivity contribution in [2.45, 2.75) is 0 Å². The zero-order valence-electron chi connectivity index (χ0n) is 6.07. The Morgan fingerprint density at radius 2 is 1.82 bits per heavy atom. The normalized spacial score (nSPS) is 17.3. The zero-order chi connectivity index (χ0) is 7.52. The predicted molar refractivity (Wildman–Crippen MR) is 50.5 cm³/mol. The first-order valence-electron chi connectivity index (χ1n) is 3.60. The lowest BCUT2D eigenvalue weighted by molar-refractivity contribution is 1.65. The zero-order valence-corrected chi connectivity index (χ0v) is 6.96. The number of rotatable bonds is 1. The van der Waals surface area contributed by atoms with Crippen molar-refractivity contribution in [1.82, 2.24) is 0 Å². The molecule has 0 fully saturated rings. The van der Waals surface area contributed by atoms with E-state index in [1.807, 2.05) is 6.07 Å². The van der Waals surface area contributed by atoms with Crippen LogP contribution in [0.15, 0.2) is 48.3 Å². The first-order valence-corrected chi connectivity index (χ1v) is 4.56. The molecule has 1 heteroatoms. The molecule has 0 unspecified atom stereocenters. The highest BCUT2D eigenvalue weighted by molar-refractivity contribution is 7.54. The van der Waals surface area contributed by atoms with Crippen molar-refractivity contribution in [3.05, 3.63) is 53.9 Å². The molecule has 53 valence electrons. The molecule has 0 spiro atoms. The summed E-state index contributed by atoms with van der Waals surface area (Å²) in [5, 5.41) is 1.39. The summed E-state index contributed by atoms with van der Waals surface area (Å²) in [6.07, 6.45) is 4.26. The lowest BCUT2D eigenvalue weighted by atomic mass is 10.2. The SMILES string of the molecule is C1=C[P]C(c2ccccc2)=C1. The summed E-state index contributed by atoms with van der Waals surface area (Å²) in [6.45, 7) is 0. The van der Waals surface area contributed by atoms with Crippen LogP contribution in [0.3, 0.4) is 0 Å². The standard InChI is InChI=1S/C10H8P/c1-2-5-9(6-3-1)10-7-4-8-11-10/h1-8H. The van der Waals surface area contributed by atoms with E-state index < -0.39 is 0 Å². The lowest BCUT2D eigenvalue weighted by Crippen LogP contribution is -1.72. The number of benzene rings is 1. The van der Waals surface area contributed by atoms with E-state index in [0.717, 1.165) is 0 Å². The van der Waals surface area contributed by atoms with Gasteiger partial charge in [0.2, 0.25) is 0 Å². The highest BCUT2D eigenvalue weighted by Gasteiger charge is 2.01. The largest absolute Gasteiger partial charge is 0.0622 e. The average Bonchev–Trinajstić information content (AvgIpc) is 2.58. The smallest absolute Gasteiger partial charge is 0.00796 e. The Labute approximate surface area is 68.4 Å². The molecule has 0 saturated heterocycles. The van der Waals surface area contributed by atoms with Crippen LogP contribution in [0.25, 0.3) is 5.31 Å². The van der Waals surface area contributed by atoms with Crippen molar-refractivity contribution < 1.29 is 0 Å². The number of hydrogen-bond donors (Lipinski definition) is 0. The summed E-state index contributed by atoms with van der Waals surface area (Å²) < 4.78 is 0. The lowest BCUT2D eigenvalue weighted by Gasteiger charge is -1.98. The first kappa shape index (κ1) is 6.82. The van der Waals surface area contributed by atoms with Gasteiger partial charge in [-0.05, 0) is 19.5 Å². The van der Waals surface area contributed by atoms with Gasteiger partial charge in [0.1, 0.15) is 0 Å². The minimum atomic E-state index is 1.32. The van der Waals surface area contributed by atoms with Gasteiger partial charge in [0.25, 0.3) is 0 Å². The van der Waals surface area contributed by atoms with Crippen LogP contribution in [0.4, 0.5) is 0 Å². The van der Waals surface area contributed by atoms with E-state index >= 15 is 0 Å². The molecule has 1 aromatic carbocycles. The molecule has 0 aliphatic carbocycles. The monoisotopic (exact) mass is 159 g/mol. The maximum atomic E-state index is 2.16. The molecular weight excluding hydrogens is 151 g/mol. The summed E-state index contributed by atoms with van der Waals surface area (Å²) in [5.41, 5.74) is 1.33. The van der Waals surface area contributed by atoms with Crippen LogP contribution in [-0.4, -0.2) is 0 Å². The third kappa shape index (κ3) is 1.41. The second-order valence-electron chi connectivity index (χ2n) is 2.39. The topological polar surface area (TPSA) is 0 Å². The van der Waals surface area contributed by atoms with Crippen molar-refractivity contribution in [2.75, 3.05) is 0 Å². The minimum absolute atomic E-state index is 1.32.